The Balaban J connectivity index is 2.23. The minimum absolute atomic E-state index is 0.0727. The predicted octanol–water partition coefficient (Wildman–Crippen LogP) is 3.22. The van der Waals surface area contributed by atoms with Crippen LogP contribution in [0.25, 0.3) is 6.08 Å². The second-order valence-corrected chi connectivity index (χ2v) is 9.28. The van der Waals surface area contributed by atoms with Gasteiger partial charge in [0, 0.05) is 22.5 Å². The quantitative estimate of drug-likeness (QED) is 0.680. The Kier molecular flexibility index (Phi) is 7.21. The molecule has 0 atom stereocenters. The number of carbonyl (C=O) groups is 1. The SMILES string of the molecule is N#CCCS(=O)(=O)C/C(=C\c1cccc(Br)c1)C(=O)NC1CCCC1. The normalized spacial score (nSPS) is 15.8. The number of benzene rings is 1. The lowest BCUT2D eigenvalue weighted by atomic mass is 10.1. The Labute approximate surface area is 157 Å². The summed E-state index contributed by atoms with van der Waals surface area (Å²) in [6, 6.07) is 9.27. The van der Waals surface area contributed by atoms with Crippen LogP contribution in [0, 0.1) is 11.3 Å². The Morgan fingerprint density at radius 1 is 1.36 bits per heavy atom. The molecule has 7 heteroatoms. The first-order chi connectivity index (χ1) is 11.9. The summed E-state index contributed by atoms with van der Waals surface area (Å²) in [7, 11) is -3.52. The van der Waals surface area contributed by atoms with Gasteiger partial charge in [0.25, 0.3) is 0 Å². The maximum atomic E-state index is 12.6. The van der Waals surface area contributed by atoms with Gasteiger partial charge in [-0.3, -0.25) is 4.79 Å². The molecule has 1 N–H and O–H groups in total. The van der Waals surface area contributed by atoms with E-state index in [9.17, 15) is 13.2 Å². The first-order valence-electron chi connectivity index (χ1n) is 8.24. The molecule has 0 radical (unpaired) electrons. The first-order valence-corrected chi connectivity index (χ1v) is 10.9. The molecular formula is C18H21BrN2O3S. The summed E-state index contributed by atoms with van der Waals surface area (Å²) in [6.07, 6.45) is 5.55. The average Bonchev–Trinajstić information content (AvgIpc) is 3.05. The highest BCUT2D eigenvalue weighted by molar-refractivity contribution is 9.10. The lowest BCUT2D eigenvalue weighted by molar-refractivity contribution is -0.118. The van der Waals surface area contributed by atoms with Gasteiger partial charge in [-0.2, -0.15) is 5.26 Å². The van der Waals surface area contributed by atoms with Crippen LogP contribution in [0.15, 0.2) is 34.3 Å². The van der Waals surface area contributed by atoms with Crippen LogP contribution >= 0.6 is 15.9 Å². The minimum atomic E-state index is -3.52. The molecule has 0 saturated heterocycles. The summed E-state index contributed by atoms with van der Waals surface area (Å²) in [5.41, 5.74) is 0.962. The molecule has 0 unspecified atom stereocenters. The fourth-order valence-electron chi connectivity index (χ4n) is 2.83. The highest BCUT2D eigenvalue weighted by Gasteiger charge is 2.23. The molecule has 134 valence electrons. The Morgan fingerprint density at radius 2 is 2.08 bits per heavy atom. The van der Waals surface area contributed by atoms with E-state index < -0.39 is 9.84 Å². The van der Waals surface area contributed by atoms with Gasteiger partial charge in [-0.05, 0) is 36.6 Å². The van der Waals surface area contributed by atoms with Gasteiger partial charge < -0.3 is 5.32 Å². The summed E-state index contributed by atoms with van der Waals surface area (Å²) in [5.74, 6) is -0.942. The summed E-state index contributed by atoms with van der Waals surface area (Å²) in [6.45, 7) is 0. The van der Waals surface area contributed by atoms with Crippen LogP contribution in [0.2, 0.25) is 0 Å². The molecule has 2 rings (SSSR count). The topological polar surface area (TPSA) is 87.0 Å². The number of nitrogens with zero attached hydrogens (tertiary/aromatic N) is 1. The van der Waals surface area contributed by atoms with Gasteiger partial charge in [0.2, 0.25) is 5.91 Å². The van der Waals surface area contributed by atoms with Gasteiger partial charge in [-0.25, -0.2) is 8.42 Å². The summed E-state index contributed by atoms with van der Waals surface area (Å²) < 4.78 is 25.3. The van der Waals surface area contributed by atoms with E-state index in [4.69, 9.17) is 5.26 Å². The maximum absolute atomic E-state index is 12.6. The summed E-state index contributed by atoms with van der Waals surface area (Å²) in [4.78, 5) is 12.6. The number of amides is 1. The monoisotopic (exact) mass is 424 g/mol. The van der Waals surface area contributed by atoms with E-state index in [1.807, 2.05) is 30.3 Å². The number of hydrogen-bond donors (Lipinski definition) is 1. The van der Waals surface area contributed by atoms with Gasteiger partial charge in [0.1, 0.15) is 0 Å². The Morgan fingerprint density at radius 3 is 2.72 bits per heavy atom. The largest absolute Gasteiger partial charge is 0.350 e. The zero-order valence-electron chi connectivity index (χ0n) is 13.9. The highest BCUT2D eigenvalue weighted by Crippen LogP contribution is 2.20. The van der Waals surface area contributed by atoms with E-state index in [0.29, 0.717) is 0 Å². The van der Waals surface area contributed by atoms with E-state index in [0.717, 1.165) is 35.7 Å². The van der Waals surface area contributed by atoms with Gasteiger partial charge >= 0.3 is 0 Å². The molecule has 1 saturated carbocycles. The molecule has 1 aromatic carbocycles. The molecule has 1 amide bonds. The van der Waals surface area contributed by atoms with E-state index in [2.05, 4.69) is 21.2 Å². The third-order valence-corrected chi connectivity index (χ3v) is 6.14. The minimum Gasteiger partial charge on any atom is -0.350 e. The number of nitrogens with one attached hydrogen (secondary N) is 1. The van der Waals surface area contributed by atoms with Crippen LogP contribution in [-0.2, 0) is 14.6 Å². The molecule has 1 aliphatic rings. The number of sulfone groups is 1. The van der Waals surface area contributed by atoms with Crippen LogP contribution in [0.5, 0.6) is 0 Å². The van der Waals surface area contributed by atoms with Gasteiger partial charge in [0.15, 0.2) is 9.84 Å². The Bertz CT molecular complexity index is 791. The number of carbonyl (C=O) groups excluding carboxylic acids is 1. The smallest absolute Gasteiger partial charge is 0.248 e. The van der Waals surface area contributed by atoms with Crippen LogP contribution in [0.4, 0.5) is 0 Å². The van der Waals surface area contributed by atoms with Crippen LogP contribution in [-0.4, -0.2) is 31.9 Å². The van der Waals surface area contributed by atoms with Crippen LogP contribution < -0.4 is 5.32 Å². The molecule has 1 fully saturated rings. The van der Waals surface area contributed by atoms with Crippen molar-refractivity contribution in [3.05, 3.63) is 39.9 Å². The van der Waals surface area contributed by atoms with E-state index in [1.54, 1.807) is 6.08 Å². The molecule has 1 aromatic rings. The number of hydrogen-bond acceptors (Lipinski definition) is 4. The number of rotatable bonds is 7. The molecule has 0 aliphatic heterocycles. The van der Waals surface area contributed by atoms with Crippen molar-refractivity contribution in [3.63, 3.8) is 0 Å². The standard InChI is InChI=1S/C18H21BrN2O3S/c19-16-6-3-5-14(12-16)11-15(13-25(23,24)10-4-9-20)18(22)21-17-7-1-2-8-17/h3,5-6,11-12,17H,1-2,4,7-8,10,13H2,(H,21,22)/b15-11+. The second kappa shape index (κ2) is 9.16. The molecule has 0 heterocycles. The van der Waals surface area contributed by atoms with Gasteiger partial charge in [0.05, 0.1) is 17.6 Å². The second-order valence-electron chi connectivity index (χ2n) is 6.18. The third-order valence-electron chi connectivity index (χ3n) is 4.07. The number of halogens is 1. The van der Waals surface area contributed by atoms with Crippen LogP contribution in [0.3, 0.4) is 0 Å². The highest BCUT2D eigenvalue weighted by atomic mass is 79.9. The van der Waals surface area contributed by atoms with Crippen molar-refractivity contribution in [3.8, 4) is 6.07 Å². The Hall–Kier alpha value is -1.65. The fourth-order valence-corrected chi connectivity index (χ4v) is 4.48. The maximum Gasteiger partial charge on any atom is 0.248 e. The first kappa shape index (κ1) is 19.7. The number of nitriles is 1. The summed E-state index contributed by atoms with van der Waals surface area (Å²) >= 11 is 3.37. The summed E-state index contributed by atoms with van der Waals surface area (Å²) in [5, 5.41) is 11.6. The van der Waals surface area contributed by atoms with Gasteiger partial charge in [-0.15, -0.1) is 0 Å². The molecule has 5 nitrogen and oxygen atoms in total. The van der Waals surface area contributed by atoms with Crippen molar-refractivity contribution in [1.29, 1.82) is 5.26 Å². The third kappa shape index (κ3) is 6.63. The van der Waals surface area contributed by atoms with E-state index in [1.165, 1.54) is 0 Å². The van der Waals surface area contributed by atoms with Crippen molar-refractivity contribution in [2.45, 2.75) is 38.1 Å². The van der Waals surface area contributed by atoms with E-state index >= 15 is 0 Å². The fraction of sp³-hybridized carbons (Fsp3) is 0.444. The van der Waals surface area contributed by atoms with E-state index in [-0.39, 0.29) is 35.4 Å². The van der Waals surface area contributed by atoms with Crippen molar-refractivity contribution in [2.75, 3.05) is 11.5 Å². The molecule has 25 heavy (non-hydrogen) atoms. The zero-order valence-corrected chi connectivity index (χ0v) is 16.3. The van der Waals surface area contributed by atoms with Crippen molar-refractivity contribution >= 4 is 37.8 Å². The van der Waals surface area contributed by atoms with Crippen molar-refractivity contribution < 1.29 is 13.2 Å². The molecule has 1 aliphatic carbocycles. The molecule has 0 spiro atoms. The van der Waals surface area contributed by atoms with Crippen molar-refractivity contribution in [1.82, 2.24) is 5.32 Å². The van der Waals surface area contributed by atoms with Crippen molar-refractivity contribution in [2.24, 2.45) is 0 Å². The predicted molar refractivity (Wildman–Crippen MR) is 101 cm³/mol. The molecule has 0 aromatic heterocycles. The lowest BCUT2D eigenvalue weighted by Crippen LogP contribution is -2.35. The average molecular weight is 425 g/mol. The van der Waals surface area contributed by atoms with Gasteiger partial charge in [-0.1, -0.05) is 40.9 Å². The van der Waals surface area contributed by atoms with Crippen LogP contribution in [0.1, 0.15) is 37.7 Å². The lowest BCUT2D eigenvalue weighted by Gasteiger charge is -2.14. The molecular weight excluding hydrogens is 404 g/mol. The molecule has 0 bridgehead atoms. The zero-order chi connectivity index (χ0) is 18.3.